The number of benzene rings is 1. The van der Waals surface area contributed by atoms with Crippen molar-refractivity contribution in [2.75, 3.05) is 0 Å². The molecule has 3 rings (SSSR count). The second-order valence-electron chi connectivity index (χ2n) is 5.41. The molecule has 0 unspecified atom stereocenters. The summed E-state index contributed by atoms with van der Waals surface area (Å²) in [5.74, 6) is -1.10. The van der Waals surface area contributed by atoms with E-state index >= 15 is 0 Å². The molecule has 6 heteroatoms. The Hall–Kier alpha value is -3.02. The second kappa shape index (κ2) is 6.00. The first-order chi connectivity index (χ1) is 11.1. The number of carboxylic acids is 1. The molecule has 0 aliphatic carbocycles. The van der Waals surface area contributed by atoms with Crippen LogP contribution in [0.1, 0.15) is 27.2 Å². The maximum absolute atomic E-state index is 11.4. The Morgan fingerprint density at radius 3 is 2.70 bits per heavy atom. The Kier molecular flexibility index (Phi) is 3.89. The van der Waals surface area contributed by atoms with Crippen LogP contribution in [0.15, 0.2) is 42.7 Å². The van der Waals surface area contributed by atoms with Crippen LogP contribution in [0.3, 0.4) is 0 Å². The number of rotatable bonds is 4. The summed E-state index contributed by atoms with van der Waals surface area (Å²) in [6, 6.07) is 9.69. The minimum absolute atomic E-state index is 0.0677. The van der Waals surface area contributed by atoms with E-state index in [-0.39, 0.29) is 5.69 Å². The van der Waals surface area contributed by atoms with E-state index < -0.39 is 5.97 Å². The zero-order valence-corrected chi connectivity index (χ0v) is 12.9. The van der Waals surface area contributed by atoms with Crippen molar-refractivity contribution in [3.05, 3.63) is 65.1 Å². The van der Waals surface area contributed by atoms with Gasteiger partial charge in [0.25, 0.3) is 0 Å². The van der Waals surface area contributed by atoms with Crippen molar-refractivity contribution in [1.29, 1.82) is 0 Å². The van der Waals surface area contributed by atoms with E-state index in [0.29, 0.717) is 17.8 Å². The Bertz CT molecular complexity index is 856. The predicted molar refractivity (Wildman–Crippen MR) is 85.2 cm³/mol. The highest BCUT2D eigenvalue weighted by molar-refractivity contribution is 5.92. The van der Waals surface area contributed by atoms with Crippen LogP contribution in [-0.2, 0) is 6.54 Å². The van der Waals surface area contributed by atoms with Crippen LogP contribution in [0.2, 0.25) is 0 Å². The summed E-state index contributed by atoms with van der Waals surface area (Å²) in [6.07, 6.45) is 3.25. The summed E-state index contributed by atoms with van der Waals surface area (Å²) >= 11 is 0. The van der Waals surface area contributed by atoms with Crippen molar-refractivity contribution in [3.8, 4) is 11.3 Å². The molecule has 0 aliphatic rings. The van der Waals surface area contributed by atoms with Crippen LogP contribution in [-0.4, -0.2) is 31.1 Å². The molecule has 6 nitrogen and oxygen atoms in total. The molecule has 2 aromatic heterocycles. The number of pyridine rings is 1. The van der Waals surface area contributed by atoms with Gasteiger partial charge < -0.3 is 5.11 Å². The molecule has 0 saturated carbocycles. The lowest BCUT2D eigenvalue weighted by atomic mass is 10.1. The molecule has 23 heavy (non-hydrogen) atoms. The third-order valence-corrected chi connectivity index (χ3v) is 3.78. The molecule has 116 valence electrons. The number of hydrogen-bond donors (Lipinski definition) is 1. The van der Waals surface area contributed by atoms with Crippen molar-refractivity contribution in [3.63, 3.8) is 0 Å². The fourth-order valence-corrected chi connectivity index (χ4v) is 2.43. The Morgan fingerprint density at radius 1 is 1.22 bits per heavy atom. The number of aromatic nitrogens is 4. The smallest absolute Gasteiger partial charge is 0.358 e. The lowest BCUT2D eigenvalue weighted by Crippen LogP contribution is -2.06. The molecule has 0 spiro atoms. The highest BCUT2D eigenvalue weighted by Gasteiger charge is 2.20. The number of nitrogens with zero attached hydrogens (tertiary/aromatic N) is 4. The van der Waals surface area contributed by atoms with Crippen LogP contribution >= 0.6 is 0 Å². The molecule has 0 amide bonds. The quantitative estimate of drug-likeness (QED) is 0.801. The normalized spacial score (nSPS) is 10.7. The van der Waals surface area contributed by atoms with E-state index in [2.05, 4.69) is 28.3 Å². The summed E-state index contributed by atoms with van der Waals surface area (Å²) < 4.78 is 1.60. The van der Waals surface area contributed by atoms with E-state index in [1.54, 1.807) is 29.2 Å². The lowest BCUT2D eigenvalue weighted by molar-refractivity contribution is 0.0691. The van der Waals surface area contributed by atoms with Crippen LogP contribution < -0.4 is 0 Å². The molecule has 1 aromatic carbocycles. The van der Waals surface area contributed by atoms with Crippen molar-refractivity contribution in [1.82, 2.24) is 20.0 Å². The van der Waals surface area contributed by atoms with Crippen LogP contribution in [0, 0.1) is 13.8 Å². The van der Waals surface area contributed by atoms with E-state index in [1.807, 2.05) is 19.1 Å². The predicted octanol–water partition coefficient (Wildman–Crippen LogP) is 2.70. The minimum atomic E-state index is -1.10. The van der Waals surface area contributed by atoms with Gasteiger partial charge >= 0.3 is 5.97 Å². The van der Waals surface area contributed by atoms with Gasteiger partial charge in [0.05, 0.1) is 6.54 Å². The van der Waals surface area contributed by atoms with Gasteiger partial charge in [0.2, 0.25) is 0 Å². The topological polar surface area (TPSA) is 80.9 Å². The summed E-state index contributed by atoms with van der Waals surface area (Å²) in [6.45, 7) is 4.55. The number of carboxylic acid groups (broad SMARTS) is 1. The van der Waals surface area contributed by atoms with E-state index in [1.165, 1.54) is 11.1 Å². The Balaban J connectivity index is 2.06. The van der Waals surface area contributed by atoms with Crippen molar-refractivity contribution in [2.45, 2.75) is 20.4 Å². The van der Waals surface area contributed by atoms with Gasteiger partial charge in [-0.2, -0.15) is 0 Å². The SMILES string of the molecule is Cc1ccc(Cn2nnc(C(=O)O)c2-c2cccnc2)cc1C. The molecule has 0 fully saturated rings. The average molecular weight is 308 g/mol. The van der Waals surface area contributed by atoms with Gasteiger partial charge in [0.15, 0.2) is 5.69 Å². The van der Waals surface area contributed by atoms with Gasteiger partial charge in [-0.25, -0.2) is 9.48 Å². The zero-order chi connectivity index (χ0) is 16.4. The number of aryl methyl sites for hydroxylation is 2. The second-order valence-corrected chi connectivity index (χ2v) is 5.41. The summed E-state index contributed by atoms with van der Waals surface area (Å²) in [7, 11) is 0. The number of hydrogen-bond acceptors (Lipinski definition) is 4. The molecular formula is C17H16N4O2. The standard InChI is InChI=1S/C17H16N4O2/c1-11-5-6-13(8-12(11)2)10-21-16(14-4-3-7-18-9-14)15(17(22)23)19-20-21/h3-9H,10H2,1-2H3,(H,22,23). The van der Waals surface area contributed by atoms with Gasteiger partial charge in [-0.15, -0.1) is 5.10 Å². The van der Waals surface area contributed by atoms with Crippen LogP contribution in [0.4, 0.5) is 0 Å². The third kappa shape index (κ3) is 2.96. The summed E-state index contributed by atoms with van der Waals surface area (Å²) in [5, 5.41) is 17.2. The number of carbonyl (C=O) groups is 1. The van der Waals surface area contributed by atoms with E-state index in [4.69, 9.17) is 0 Å². The van der Waals surface area contributed by atoms with E-state index in [9.17, 15) is 9.90 Å². The van der Waals surface area contributed by atoms with E-state index in [0.717, 1.165) is 5.56 Å². The van der Waals surface area contributed by atoms with Gasteiger partial charge in [0, 0.05) is 18.0 Å². The van der Waals surface area contributed by atoms with Crippen molar-refractivity contribution >= 4 is 5.97 Å². The van der Waals surface area contributed by atoms with Gasteiger partial charge in [-0.05, 0) is 42.7 Å². The molecule has 0 aliphatic heterocycles. The largest absolute Gasteiger partial charge is 0.476 e. The zero-order valence-electron chi connectivity index (χ0n) is 12.9. The molecule has 0 bridgehead atoms. The molecule has 0 atom stereocenters. The molecule has 3 aromatic rings. The Labute approximate surface area is 133 Å². The van der Waals surface area contributed by atoms with Gasteiger partial charge in [-0.1, -0.05) is 23.4 Å². The van der Waals surface area contributed by atoms with Crippen LogP contribution in [0.5, 0.6) is 0 Å². The molecule has 0 radical (unpaired) electrons. The first-order valence-electron chi connectivity index (χ1n) is 7.19. The number of aromatic carboxylic acids is 1. The van der Waals surface area contributed by atoms with Crippen LogP contribution in [0.25, 0.3) is 11.3 Å². The summed E-state index contributed by atoms with van der Waals surface area (Å²) in [5.41, 5.74) is 4.51. The molecule has 0 saturated heterocycles. The van der Waals surface area contributed by atoms with Gasteiger partial charge in [0.1, 0.15) is 5.69 Å². The van der Waals surface area contributed by atoms with Crippen molar-refractivity contribution < 1.29 is 9.90 Å². The first kappa shape index (κ1) is 14.9. The highest BCUT2D eigenvalue weighted by Crippen LogP contribution is 2.22. The average Bonchev–Trinajstić information content (AvgIpc) is 2.95. The summed E-state index contributed by atoms with van der Waals surface area (Å²) in [4.78, 5) is 15.5. The minimum Gasteiger partial charge on any atom is -0.476 e. The van der Waals surface area contributed by atoms with Gasteiger partial charge in [-0.3, -0.25) is 4.98 Å². The monoisotopic (exact) mass is 308 g/mol. The first-order valence-corrected chi connectivity index (χ1v) is 7.19. The fraction of sp³-hybridized carbons (Fsp3) is 0.176. The molecule has 1 N–H and O–H groups in total. The maximum atomic E-state index is 11.4. The fourth-order valence-electron chi connectivity index (χ4n) is 2.43. The Morgan fingerprint density at radius 2 is 2.04 bits per heavy atom. The highest BCUT2D eigenvalue weighted by atomic mass is 16.4. The third-order valence-electron chi connectivity index (χ3n) is 3.78. The lowest BCUT2D eigenvalue weighted by Gasteiger charge is -2.09. The molecule has 2 heterocycles. The van der Waals surface area contributed by atoms with Crippen molar-refractivity contribution in [2.24, 2.45) is 0 Å². The molecular weight excluding hydrogens is 292 g/mol. The maximum Gasteiger partial charge on any atom is 0.358 e.